The summed E-state index contributed by atoms with van der Waals surface area (Å²) in [6.45, 7) is 2.34. The van der Waals surface area contributed by atoms with Crippen molar-refractivity contribution in [1.82, 2.24) is 15.7 Å². The van der Waals surface area contributed by atoms with E-state index in [1.807, 2.05) is 61.5 Å². The molecule has 3 aromatic rings. The van der Waals surface area contributed by atoms with Gasteiger partial charge in [-0.1, -0.05) is 60.2 Å². The molecule has 0 bridgehead atoms. The number of carbonyl (C=O) groups excluding carboxylic acids is 1. The van der Waals surface area contributed by atoms with Crippen molar-refractivity contribution in [2.24, 2.45) is 0 Å². The van der Waals surface area contributed by atoms with Crippen LogP contribution < -0.4 is 5.48 Å². The molecule has 23 heavy (non-hydrogen) atoms. The fraction of sp³-hybridized carbons (Fsp3) is 0.111. The van der Waals surface area contributed by atoms with Gasteiger partial charge in [-0.15, -0.1) is 0 Å². The minimum absolute atomic E-state index is 0.311. The van der Waals surface area contributed by atoms with Crippen LogP contribution in [0.1, 0.15) is 21.6 Å². The summed E-state index contributed by atoms with van der Waals surface area (Å²) in [4.78, 5) is 17.2. The largest absolute Gasteiger partial charge is 0.292 e. The smallest absolute Gasteiger partial charge is 0.272 e. The Hall–Kier alpha value is -2.92. The Balaban J connectivity index is 1.59. The summed E-state index contributed by atoms with van der Waals surface area (Å²) >= 11 is 0. The quantitative estimate of drug-likeness (QED) is 0.711. The summed E-state index contributed by atoms with van der Waals surface area (Å²) in [5.74, 6) is -0.355. The monoisotopic (exact) mass is 307 g/mol. The van der Waals surface area contributed by atoms with Crippen LogP contribution in [0, 0.1) is 6.92 Å². The Morgan fingerprint density at radius 3 is 2.61 bits per heavy atom. The summed E-state index contributed by atoms with van der Waals surface area (Å²) < 4.78 is 0. The molecule has 0 atom stereocenters. The lowest BCUT2D eigenvalue weighted by molar-refractivity contribution is 0.0229. The molecule has 2 aromatic carbocycles. The van der Waals surface area contributed by atoms with E-state index in [0.717, 1.165) is 16.8 Å². The van der Waals surface area contributed by atoms with Gasteiger partial charge in [0.2, 0.25) is 0 Å². The Morgan fingerprint density at radius 1 is 1.13 bits per heavy atom. The van der Waals surface area contributed by atoms with E-state index in [-0.39, 0.29) is 5.91 Å². The Kier molecular flexibility index (Phi) is 4.49. The number of hydrogen-bond acceptors (Lipinski definition) is 3. The third-order valence-corrected chi connectivity index (χ3v) is 3.42. The molecule has 1 aromatic heterocycles. The molecule has 3 rings (SSSR count). The van der Waals surface area contributed by atoms with Crippen LogP contribution in [0.4, 0.5) is 0 Å². The lowest BCUT2D eigenvalue weighted by Crippen LogP contribution is -2.23. The maximum Gasteiger partial charge on any atom is 0.292 e. The van der Waals surface area contributed by atoms with Crippen molar-refractivity contribution in [3.63, 3.8) is 0 Å². The molecule has 0 saturated heterocycles. The lowest BCUT2D eigenvalue weighted by Gasteiger charge is -2.04. The van der Waals surface area contributed by atoms with E-state index in [1.165, 1.54) is 5.56 Å². The zero-order chi connectivity index (χ0) is 16.1. The molecule has 2 N–H and O–H groups in total. The van der Waals surface area contributed by atoms with Crippen molar-refractivity contribution < 1.29 is 9.63 Å². The molecule has 5 heteroatoms. The molecule has 1 heterocycles. The van der Waals surface area contributed by atoms with Gasteiger partial charge in [0, 0.05) is 5.56 Å². The first-order valence-electron chi connectivity index (χ1n) is 7.31. The predicted octanol–water partition coefficient (Wildman–Crippen LogP) is 3.25. The SMILES string of the molecule is Cc1ccc(-c2cc(C(=O)NOCc3ccccc3)[nH]n2)cc1. The second-order valence-corrected chi connectivity index (χ2v) is 5.24. The van der Waals surface area contributed by atoms with Crippen LogP contribution >= 0.6 is 0 Å². The highest BCUT2D eigenvalue weighted by molar-refractivity contribution is 5.92. The highest BCUT2D eigenvalue weighted by Crippen LogP contribution is 2.18. The van der Waals surface area contributed by atoms with E-state index in [4.69, 9.17) is 4.84 Å². The molecule has 0 aliphatic carbocycles. The van der Waals surface area contributed by atoms with Crippen molar-refractivity contribution in [1.29, 1.82) is 0 Å². The maximum atomic E-state index is 12.0. The molecule has 0 spiro atoms. The molecule has 0 radical (unpaired) electrons. The Labute approximate surface area is 134 Å². The van der Waals surface area contributed by atoms with Crippen molar-refractivity contribution in [2.75, 3.05) is 0 Å². The first-order valence-corrected chi connectivity index (χ1v) is 7.31. The summed E-state index contributed by atoms with van der Waals surface area (Å²) in [5, 5.41) is 6.89. The summed E-state index contributed by atoms with van der Waals surface area (Å²) in [6, 6.07) is 19.3. The van der Waals surface area contributed by atoms with E-state index >= 15 is 0 Å². The van der Waals surface area contributed by atoms with E-state index in [1.54, 1.807) is 6.07 Å². The van der Waals surface area contributed by atoms with Crippen LogP contribution in [0.15, 0.2) is 60.7 Å². The average molecular weight is 307 g/mol. The second-order valence-electron chi connectivity index (χ2n) is 5.24. The number of benzene rings is 2. The molecule has 0 unspecified atom stereocenters. The first-order chi connectivity index (χ1) is 11.2. The van der Waals surface area contributed by atoms with Crippen molar-refractivity contribution in [3.8, 4) is 11.3 Å². The van der Waals surface area contributed by atoms with Crippen molar-refractivity contribution in [3.05, 3.63) is 77.5 Å². The van der Waals surface area contributed by atoms with Gasteiger partial charge in [-0.2, -0.15) is 5.10 Å². The molecule has 0 aliphatic rings. The predicted molar refractivity (Wildman–Crippen MR) is 87.5 cm³/mol. The molecule has 0 fully saturated rings. The normalized spacial score (nSPS) is 10.5. The fourth-order valence-corrected chi connectivity index (χ4v) is 2.12. The number of aromatic nitrogens is 2. The number of aryl methyl sites for hydroxylation is 1. The van der Waals surface area contributed by atoms with Crippen LogP contribution in [-0.4, -0.2) is 16.1 Å². The van der Waals surface area contributed by atoms with Crippen LogP contribution in [-0.2, 0) is 11.4 Å². The van der Waals surface area contributed by atoms with Gasteiger partial charge in [-0.25, -0.2) is 5.48 Å². The molecular formula is C18H17N3O2. The van der Waals surface area contributed by atoms with E-state index in [0.29, 0.717) is 12.3 Å². The van der Waals surface area contributed by atoms with Gasteiger partial charge in [0.05, 0.1) is 12.3 Å². The van der Waals surface area contributed by atoms with Gasteiger partial charge in [-0.3, -0.25) is 14.7 Å². The first kappa shape index (κ1) is 15.0. The third-order valence-electron chi connectivity index (χ3n) is 3.42. The van der Waals surface area contributed by atoms with Crippen LogP contribution in [0.25, 0.3) is 11.3 Å². The zero-order valence-corrected chi connectivity index (χ0v) is 12.7. The van der Waals surface area contributed by atoms with Crippen LogP contribution in [0.3, 0.4) is 0 Å². The fourth-order valence-electron chi connectivity index (χ4n) is 2.12. The molecule has 116 valence electrons. The van der Waals surface area contributed by atoms with Crippen LogP contribution in [0.2, 0.25) is 0 Å². The molecule has 1 amide bonds. The number of hydrogen-bond donors (Lipinski definition) is 2. The summed E-state index contributed by atoms with van der Waals surface area (Å²) in [6.07, 6.45) is 0. The lowest BCUT2D eigenvalue weighted by atomic mass is 10.1. The molecule has 0 saturated carbocycles. The van der Waals surface area contributed by atoms with Crippen LogP contribution in [0.5, 0.6) is 0 Å². The molecule has 0 aliphatic heterocycles. The summed E-state index contributed by atoms with van der Waals surface area (Å²) in [5.41, 5.74) is 6.60. The number of nitrogens with one attached hydrogen (secondary N) is 2. The number of nitrogens with zero attached hydrogens (tertiary/aromatic N) is 1. The highest BCUT2D eigenvalue weighted by Gasteiger charge is 2.11. The van der Waals surface area contributed by atoms with Crippen molar-refractivity contribution in [2.45, 2.75) is 13.5 Å². The summed E-state index contributed by atoms with van der Waals surface area (Å²) in [7, 11) is 0. The van der Waals surface area contributed by atoms with Gasteiger partial charge in [0.1, 0.15) is 5.69 Å². The number of rotatable bonds is 5. The number of amides is 1. The van der Waals surface area contributed by atoms with Gasteiger partial charge < -0.3 is 0 Å². The van der Waals surface area contributed by atoms with Gasteiger partial charge >= 0.3 is 0 Å². The molecule has 5 nitrogen and oxygen atoms in total. The van der Waals surface area contributed by atoms with E-state index in [9.17, 15) is 4.79 Å². The van der Waals surface area contributed by atoms with Crippen molar-refractivity contribution >= 4 is 5.91 Å². The number of carbonyl (C=O) groups is 1. The number of hydroxylamine groups is 1. The number of H-pyrrole nitrogens is 1. The third kappa shape index (κ3) is 3.84. The minimum atomic E-state index is -0.355. The van der Waals surface area contributed by atoms with Gasteiger partial charge in [-0.05, 0) is 18.6 Å². The standard InChI is InChI=1S/C18H17N3O2/c1-13-7-9-15(10-8-13)16-11-17(20-19-16)18(22)21-23-12-14-5-3-2-4-6-14/h2-11H,12H2,1H3,(H,19,20)(H,21,22). The van der Waals surface area contributed by atoms with E-state index in [2.05, 4.69) is 15.7 Å². The average Bonchev–Trinajstić information content (AvgIpc) is 3.06. The minimum Gasteiger partial charge on any atom is -0.272 e. The van der Waals surface area contributed by atoms with E-state index < -0.39 is 0 Å². The highest BCUT2D eigenvalue weighted by atomic mass is 16.6. The zero-order valence-electron chi connectivity index (χ0n) is 12.7. The maximum absolute atomic E-state index is 12.0. The molecular weight excluding hydrogens is 290 g/mol. The van der Waals surface area contributed by atoms with Gasteiger partial charge in [0.15, 0.2) is 0 Å². The number of aromatic amines is 1. The Morgan fingerprint density at radius 2 is 1.87 bits per heavy atom. The topological polar surface area (TPSA) is 67.0 Å². The van der Waals surface area contributed by atoms with Gasteiger partial charge in [0.25, 0.3) is 5.91 Å². The Bertz CT molecular complexity index is 780. The second kappa shape index (κ2) is 6.89.